The molecular weight excluding hydrogens is 230 g/mol. The Hall–Kier alpha value is -2.28. The summed E-state index contributed by atoms with van der Waals surface area (Å²) in [6, 6.07) is 21.6. The summed E-state index contributed by atoms with van der Waals surface area (Å²) in [7, 11) is 0. The fraction of sp³-hybridized carbons (Fsp3) is 0.111. The second-order valence-electron chi connectivity index (χ2n) is 5.10. The zero-order chi connectivity index (χ0) is 12.7. The number of fused-ring (bicyclic) bond motifs is 3. The third kappa shape index (κ3) is 1.70. The molecule has 1 nitrogen and oxygen atoms in total. The largest absolute Gasteiger partial charge is 0.358 e. The van der Waals surface area contributed by atoms with Gasteiger partial charge in [-0.05, 0) is 35.6 Å². The average molecular weight is 245 g/mol. The molecule has 0 atom stereocenters. The lowest BCUT2D eigenvalue weighted by Gasteiger charge is -2.15. The fourth-order valence-corrected chi connectivity index (χ4v) is 2.97. The second-order valence-corrected chi connectivity index (χ2v) is 5.10. The summed E-state index contributed by atoms with van der Waals surface area (Å²) < 4.78 is 0. The van der Waals surface area contributed by atoms with Crippen LogP contribution >= 0.6 is 0 Å². The number of hydrogen-bond donors (Lipinski definition) is 1. The molecule has 0 unspecified atom stereocenters. The number of H-pyrrole nitrogens is 1. The van der Waals surface area contributed by atoms with Crippen LogP contribution in [0, 0.1) is 0 Å². The summed E-state index contributed by atoms with van der Waals surface area (Å²) in [4.78, 5) is 3.59. The molecule has 2 aromatic carbocycles. The van der Waals surface area contributed by atoms with Gasteiger partial charge in [-0.15, -0.1) is 0 Å². The van der Waals surface area contributed by atoms with E-state index in [4.69, 9.17) is 0 Å². The molecule has 0 radical (unpaired) electrons. The van der Waals surface area contributed by atoms with Crippen molar-refractivity contribution in [1.29, 1.82) is 0 Å². The van der Waals surface area contributed by atoms with E-state index in [1.807, 2.05) is 0 Å². The molecule has 0 saturated heterocycles. The van der Waals surface area contributed by atoms with Crippen molar-refractivity contribution in [3.05, 3.63) is 71.9 Å². The number of rotatable bonds is 1. The predicted molar refractivity (Wildman–Crippen MR) is 79.1 cm³/mol. The lowest BCUT2D eigenvalue weighted by molar-refractivity contribution is 0.911. The van der Waals surface area contributed by atoms with Crippen molar-refractivity contribution in [3.8, 4) is 22.4 Å². The maximum atomic E-state index is 3.59. The normalized spacial score (nSPS) is 12.8. The van der Waals surface area contributed by atoms with Crippen LogP contribution < -0.4 is 0 Å². The Labute approximate surface area is 112 Å². The van der Waals surface area contributed by atoms with Crippen LogP contribution in [-0.2, 0) is 12.8 Å². The molecule has 19 heavy (non-hydrogen) atoms. The Morgan fingerprint density at radius 3 is 2.42 bits per heavy atom. The van der Waals surface area contributed by atoms with Gasteiger partial charge in [0.05, 0.1) is 0 Å². The first-order valence-electron chi connectivity index (χ1n) is 6.77. The molecule has 0 saturated carbocycles. The highest BCUT2D eigenvalue weighted by molar-refractivity contribution is 5.77. The van der Waals surface area contributed by atoms with Crippen LogP contribution in [0.4, 0.5) is 0 Å². The highest BCUT2D eigenvalue weighted by atomic mass is 14.7. The zero-order valence-electron chi connectivity index (χ0n) is 10.7. The lowest BCUT2D eigenvalue weighted by atomic mass is 9.90. The van der Waals surface area contributed by atoms with E-state index >= 15 is 0 Å². The van der Waals surface area contributed by atoms with Crippen molar-refractivity contribution in [3.63, 3.8) is 0 Å². The average Bonchev–Trinajstić information content (AvgIpc) is 2.93. The van der Waals surface area contributed by atoms with Gasteiger partial charge in [0.2, 0.25) is 0 Å². The predicted octanol–water partition coefficient (Wildman–Crippen LogP) is 4.45. The van der Waals surface area contributed by atoms with Crippen LogP contribution in [0.5, 0.6) is 0 Å². The molecule has 1 aliphatic rings. The Morgan fingerprint density at radius 2 is 1.53 bits per heavy atom. The van der Waals surface area contributed by atoms with Crippen molar-refractivity contribution in [2.75, 3.05) is 0 Å². The second kappa shape index (κ2) is 4.13. The third-order valence-electron chi connectivity index (χ3n) is 3.94. The summed E-state index contributed by atoms with van der Waals surface area (Å²) in [5.74, 6) is 0. The number of hydrogen-bond acceptors (Lipinski definition) is 0. The van der Waals surface area contributed by atoms with Crippen LogP contribution in [0.2, 0.25) is 0 Å². The quantitative estimate of drug-likeness (QED) is 0.652. The van der Waals surface area contributed by atoms with E-state index in [1.54, 1.807) is 0 Å². The first kappa shape index (κ1) is 10.6. The van der Waals surface area contributed by atoms with Gasteiger partial charge in [-0.2, -0.15) is 0 Å². The standard InChI is InChI=1S/C18H15N/c1-2-7-14(8-3-1)18-12-16-15-9-5-4-6-13(15)10-11-17(16)19-18/h1-9,12,19H,10-11H2. The Balaban J connectivity index is 1.88. The summed E-state index contributed by atoms with van der Waals surface area (Å²) >= 11 is 0. The SMILES string of the molecule is c1ccc(-c2cc3c([nH]2)CCc2ccccc2-3)cc1. The first-order chi connectivity index (χ1) is 9.42. The molecule has 0 bridgehead atoms. The number of benzene rings is 2. The van der Waals surface area contributed by atoms with Crippen molar-refractivity contribution in [2.45, 2.75) is 12.8 Å². The van der Waals surface area contributed by atoms with Crippen LogP contribution in [0.25, 0.3) is 22.4 Å². The summed E-state index contributed by atoms with van der Waals surface area (Å²) in [5.41, 5.74) is 8.09. The van der Waals surface area contributed by atoms with Crippen molar-refractivity contribution < 1.29 is 0 Å². The fourth-order valence-electron chi connectivity index (χ4n) is 2.97. The maximum Gasteiger partial charge on any atom is 0.0462 e. The van der Waals surface area contributed by atoms with Crippen LogP contribution in [0.1, 0.15) is 11.3 Å². The topological polar surface area (TPSA) is 15.8 Å². The van der Waals surface area contributed by atoms with Gasteiger partial charge in [0.1, 0.15) is 0 Å². The molecule has 1 aliphatic carbocycles. The molecule has 4 rings (SSSR count). The minimum atomic E-state index is 1.11. The van der Waals surface area contributed by atoms with E-state index in [9.17, 15) is 0 Å². The van der Waals surface area contributed by atoms with E-state index in [1.165, 1.54) is 33.6 Å². The molecule has 0 aliphatic heterocycles. The first-order valence-corrected chi connectivity index (χ1v) is 6.77. The monoisotopic (exact) mass is 245 g/mol. The molecule has 0 amide bonds. The van der Waals surface area contributed by atoms with Gasteiger partial charge in [-0.3, -0.25) is 0 Å². The van der Waals surface area contributed by atoms with Gasteiger partial charge >= 0.3 is 0 Å². The van der Waals surface area contributed by atoms with Gasteiger partial charge < -0.3 is 4.98 Å². The molecule has 3 aromatic rings. The number of nitrogens with one attached hydrogen (secondary N) is 1. The lowest BCUT2D eigenvalue weighted by Crippen LogP contribution is -2.02. The summed E-state index contributed by atoms with van der Waals surface area (Å²) in [5, 5.41) is 0. The molecular formula is C18H15N. The van der Waals surface area contributed by atoms with Gasteiger partial charge in [0.15, 0.2) is 0 Å². The van der Waals surface area contributed by atoms with Gasteiger partial charge in [0.25, 0.3) is 0 Å². The smallest absolute Gasteiger partial charge is 0.0462 e. The number of aromatic nitrogens is 1. The van der Waals surface area contributed by atoms with Crippen LogP contribution in [0.3, 0.4) is 0 Å². The number of aromatic amines is 1. The summed E-state index contributed by atoms with van der Waals surface area (Å²) in [6.07, 6.45) is 2.25. The molecule has 1 N–H and O–H groups in total. The zero-order valence-corrected chi connectivity index (χ0v) is 10.7. The Morgan fingerprint density at radius 1 is 0.737 bits per heavy atom. The molecule has 0 spiro atoms. The van der Waals surface area contributed by atoms with E-state index in [0.717, 1.165) is 12.8 Å². The molecule has 92 valence electrons. The Kier molecular flexibility index (Phi) is 2.31. The van der Waals surface area contributed by atoms with Gasteiger partial charge in [-0.1, -0.05) is 54.6 Å². The van der Waals surface area contributed by atoms with E-state index in [-0.39, 0.29) is 0 Å². The van der Waals surface area contributed by atoms with Crippen LogP contribution in [-0.4, -0.2) is 4.98 Å². The van der Waals surface area contributed by atoms with E-state index < -0.39 is 0 Å². The number of aryl methyl sites for hydroxylation is 2. The molecule has 1 heterocycles. The molecule has 1 heteroatoms. The third-order valence-corrected chi connectivity index (χ3v) is 3.94. The van der Waals surface area contributed by atoms with Crippen LogP contribution in [0.15, 0.2) is 60.7 Å². The highest BCUT2D eigenvalue weighted by Crippen LogP contribution is 2.36. The van der Waals surface area contributed by atoms with Crippen molar-refractivity contribution in [2.24, 2.45) is 0 Å². The van der Waals surface area contributed by atoms with Gasteiger partial charge in [-0.25, -0.2) is 0 Å². The van der Waals surface area contributed by atoms with E-state index in [0.29, 0.717) is 0 Å². The van der Waals surface area contributed by atoms with E-state index in [2.05, 4.69) is 65.6 Å². The minimum absolute atomic E-state index is 1.11. The summed E-state index contributed by atoms with van der Waals surface area (Å²) in [6.45, 7) is 0. The molecule has 0 fully saturated rings. The minimum Gasteiger partial charge on any atom is -0.358 e. The maximum absolute atomic E-state index is 3.59. The van der Waals surface area contributed by atoms with Crippen molar-refractivity contribution in [1.82, 2.24) is 4.98 Å². The Bertz CT molecular complexity index is 722. The molecule has 1 aromatic heterocycles. The van der Waals surface area contributed by atoms with Gasteiger partial charge in [0, 0.05) is 17.0 Å². The highest BCUT2D eigenvalue weighted by Gasteiger charge is 2.18. The van der Waals surface area contributed by atoms with Crippen molar-refractivity contribution >= 4 is 0 Å².